The van der Waals surface area contributed by atoms with Crippen molar-refractivity contribution in [1.82, 2.24) is 10.2 Å². The van der Waals surface area contributed by atoms with E-state index >= 15 is 0 Å². The molecular weight excluding hydrogens is 248 g/mol. The Morgan fingerprint density at radius 1 is 1.32 bits per heavy atom. The Balaban J connectivity index is 2.25. The van der Waals surface area contributed by atoms with Gasteiger partial charge in [0.25, 0.3) is 0 Å². The van der Waals surface area contributed by atoms with Crippen LogP contribution in [0, 0.1) is 0 Å². The van der Waals surface area contributed by atoms with E-state index in [1.807, 2.05) is 0 Å². The molecule has 1 heterocycles. The van der Waals surface area contributed by atoms with Gasteiger partial charge in [0.1, 0.15) is 0 Å². The van der Waals surface area contributed by atoms with Crippen molar-refractivity contribution in [2.45, 2.75) is 25.7 Å². The first kappa shape index (κ1) is 15.2. The first-order valence-corrected chi connectivity index (χ1v) is 6.45. The first-order chi connectivity index (χ1) is 9.13. The number of ether oxygens (including phenoxy) is 1. The minimum absolute atomic E-state index is 0.150. The highest BCUT2D eigenvalue weighted by Crippen LogP contribution is 2.10. The van der Waals surface area contributed by atoms with Gasteiger partial charge in [-0.15, -0.1) is 0 Å². The molecule has 1 aliphatic rings. The number of rotatable bonds is 5. The lowest BCUT2D eigenvalue weighted by atomic mass is 10.2. The number of likely N-dealkylation sites (tertiary alicyclic amines) is 1. The summed E-state index contributed by atoms with van der Waals surface area (Å²) in [5, 5.41) is 2.62. The molecule has 0 atom stereocenters. The van der Waals surface area contributed by atoms with Crippen LogP contribution in [0.4, 0.5) is 0 Å². The molecule has 1 rings (SSSR count). The van der Waals surface area contributed by atoms with Gasteiger partial charge in [-0.2, -0.15) is 0 Å². The SMILES string of the molecule is COC(=O)C=CC(=O)NCCN1CCCCCC1=O. The van der Waals surface area contributed by atoms with Gasteiger partial charge in [0.05, 0.1) is 7.11 Å². The molecule has 0 aromatic rings. The van der Waals surface area contributed by atoms with Crippen molar-refractivity contribution in [3.8, 4) is 0 Å². The lowest BCUT2D eigenvalue weighted by Gasteiger charge is -2.20. The molecule has 0 spiro atoms. The average Bonchev–Trinajstić information content (AvgIpc) is 2.61. The van der Waals surface area contributed by atoms with Gasteiger partial charge in [-0.1, -0.05) is 6.42 Å². The van der Waals surface area contributed by atoms with Gasteiger partial charge in [0, 0.05) is 38.2 Å². The summed E-state index contributed by atoms with van der Waals surface area (Å²) in [5.41, 5.74) is 0. The molecule has 6 nitrogen and oxygen atoms in total. The molecule has 0 saturated carbocycles. The number of hydrogen-bond donors (Lipinski definition) is 1. The molecule has 1 saturated heterocycles. The molecule has 0 aromatic carbocycles. The van der Waals surface area contributed by atoms with E-state index in [1.54, 1.807) is 4.90 Å². The van der Waals surface area contributed by atoms with Crippen molar-refractivity contribution >= 4 is 17.8 Å². The molecule has 0 aromatic heterocycles. The topological polar surface area (TPSA) is 75.7 Å². The van der Waals surface area contributed by atoms with Crippen LogP contribution in [0.25, 0.3) is 0 Å². The monoisotopic (exact) mass is 268 g/mol. The minimum atomic E-state index is -0.571. The summed E-state index contributed by atoms with van der Waals surface area (Å²) in [6.07, 6.45) is 5.82. The van der Waals surface area contributed by atoms with Crippen molar-refractivity contribution in [3.63, 3.8) is 0 Å². The molecule has 0 bridgehead atoms. The number of methoxy groups -OCH3 is 1. The van der Waals surface area contributed by atoms with Gasteiger partial charge in [-0.05, 0) is 12.8 Å². The van der Waals surface area contributed by atoms with E-state index < -0.39 is 5.97 Å². The zero-order valence-electron chi connectivity index (χ0n) is 11.2. The van der Waals surface area contributed by atoms with Gasteiger partial charge in [-0.3, -0.25) is 9.59 Å². The molecule has 19 heavy (non-hydrogen) atoms. The van der Waals surface area contributed by atoms with E-state index in [0.29, 0.717) is 19.5 Å². The maximum Gasteiger partial charge on any atom is 0.330 e. The fraction of sp³-hybridized carbons (Fsp3) is 0.615. The van der Waals surface area contributed by atoms with Gasteiger partial charge in [-0.25, -0.2) is 4.79 Å². The Labute approximate surface area is 112 Å². The van der Waals surface area contributed by atoms with Crippen LogP contribution >= 0.6 is 0 Å². The van der Waals surface area contributed by atoms with E-state index in [1.165, 1.54) is 7.11 Å². The fourth-order valence-electron chi connectivity index (χ4n) is 1.86. The molecule has 1 fully saturated rings. The number of amides is 2. The summed E-state index contributed by atoms with van der Waals surface area (Å²) in [5.74, 6) is -0.789. The van der Waals surface area contributed by atoms with Crippen molar-refractivity contribution in [2.75, 3.05) is 26.7 Å². The van der Waals surface area contributed by atoms with Gasteiger partial charge in [0.15, 0.2) is 0 Å². The summed E-state index contributed by atoms with van der Waals surface area (Å²) < 4.78 is 4.37. The molecule has 0 unspecified atom stereocenters. The van der Waals surface area contributed by atoms with E-state index in [0.717, 1.165) is 38.0 Å². The van der Waals surface area contributed by atoms with Gasteiger partial charge < -0.3 is 15.0 Å². The summed E-state index contributed by atoms with van der Waals surface area (Å²) >= 11 is 0. The van der Waals surface area contributed by atoms with E-state index in [9.17, 15) is 14.4 Å². The maximum atomic E-state index is 11.7. The molecule has 1 N–H and O–H groups in total. The number of hydrogen-bond acceptors (Lipinski definition) is 4. The molecule has 6 heteroatoms. The summed E-state index contributed by atoms with van der Waals surface area (Å²) in [7, 11) is 1.25. The van der Waals surface area contributed by atoms with Crippen molar-refractivity contribution < 1.29 is 19.1 Å². The molecule has 2 amide bonds. The van der Waals surface area contributed by atoms with E-state index in [2.05, 4.69) is 10.1 Å². The first-order valence-electron chi connectivity index (χ1n) is 6.45. The normalized spacial score (nSPS) is 16.3. The quantitative estimate of drug-likeness (QED) is 0.572. The summed E-state index contributed by atoms with van der Waals surface area (Å²) in [6.45, 7) is 1.65. The third-order valence-corrected chi connectivity index (χ3v) is 2.92. The third kappa shape index (κ3) is 6.03. The van der Waals surface area contributed by atoms with Gasteiger partial charge >= 0.3 is 5.97 Å². The number of carbonyl (C=O) groups is 3. The van der Waals surface area contributed by atoms with Crippen molar-refractivity contribution in [3.05, 3.63) is 12.2 Å². The highest BCUT2D eigenvalue weighted by molar-refractivity contribution is 5.94. The fourth-order valence-corrected chi connectivity index (χ4v) is 1.86. The molecule has 106 valence electrons. The standard InChI is InChI=1S/C13H20N2O4/c1-19-13(18)7-6-11(16)14-8-10-15-9-4-2-3-5-12(15)17/h6-7H,2-5,8-10H2,1H3,(H,14,16). The number of carbonyl (C=O) groups excluding carboxylic acids is 3. The Hall–Kier alpha value is -1.85. The zero-order chi connectivity index (χ0) is 14.1. The molecule has 0 aliphatic carbocycles. The van der Waals surface area contributed by atoms with Gasteiger partial charge in [0.2, 0.25) is 11.8 Å². The molecule has 1 aliphatic heterocycles. The molecular formula is C13H20N2O4. The second kappa shape index (κ2) is 8.29. The van der Waals surface area contributed by atoms with E-state index in [-0.39, 0.29) is 11.8 Å². The predicted octanol–water partition coefficient (Wildman–Crippen LogP) is 0.234. The van der Waals surface area contributed by atoms with Crippen LogP contribution in [0.5, 0.6) is 0 Å². The third-order valence-electron chi connectivity index (χ3n) is 2.92. The Bertz CT molecular complexity index is 366. The van der Waals surface area contributed by atoms with Crippen LogP contribution < -0.4 is 5.32 Å². The van der Waals surface area contributed by atoms with E-state index in [4.69, 9.17) is 0 Å². The van der Waals surface area contributed by atoms with Crippen LogP contribution in [0.1, 0.15) is 25.7 Å². The van der Waals surface area contributed by atoms with Crippen LogP contribution in [-0.2, 0) is 19.1 Å². The zero-order valence-corrected chi connectivity index (χ0v) is 11.2. The Morgan fingerprint density at radius 2 is 2.11 bits per heavy atom. The summed E-state index contributed by atoms with van der Waals surface area (Å²) in [4.78, 5) is 35.6. The highest BCUT2D eigenvalue weighted by atomic mass is 16.5. The second-order valence-electron chi connectivity index (χ2n) is 4.34. The van der Waals surface area contributed by atoms with Crippen LogP contribution in [0.3, 0.4) is 0 Å². The van der Waals surface area contributed by atoms with Crippen LogP contribution in [0.2, 0.25) is 0 Å². The second-order valence-corrected chi connectivity index (χ2v) is 4.34. The summed E-state index contributed by atoms with van der Waals surface area (Å²) in [6, 6.07) is 0. The Morgan fingerprint density at radius 3 is 2.84 bits per heavy atom. The average molecular weight is 268 g/mol. The Kier molecular flexibility index (Phi) is 6.63. The predicted molar refractivity (Wildman–Crippen MR) is 69.2 cm³/mol. The molecule has 0 radical (unpaired) electrons. The number of nitrogens with zero attached hydrogens (tertiary/aromatic N) is 1. The lowest BCUT2D eigenvalue weighted by Crippen LogP contribution is -2.37. The van der Waals surface area contributed by atoms with Crippen molar-refractivity contribution in [2.24, 2.45) is 0 Å². The van der Waals surface area contributed by atoms with Crippen LogP contribution in [-0.4, -0.2) is 49.4 Å². The number of esters is 1. The number of nitrogens with one attached hydrogen (secondary N) is 1. The van der Waals surface area contributed by atoms with Crippen LogP contribution in [0.15, 0.2) is 12.2 Å². The maximum absolute atomic E-state index is 11.7. The largest absolute Gasteiger partial charge is 0.466 e. The smallest absolute Gasteiger partial charge is 0.330 e. The van der Waals surface area contributed by atoms with Crippen molar-refractivity contribution in [1.29, 1.82) is 0 Å². The lowest BCUT2D eigenvalue weighted by molar-refractivity contribution is -0.135. The highest BCUT2D eigenvalue weighted by Gasteiger charge is 2.15. The minimum Gasteiger partial charge on any atom is -0.466 e.